The molecule has 1 rings (SSSR count). The van der Waals surface area contributed by atoms with Crippen LogP contribution in [-0.2, 0) is 19.0 Å². The second-order valence-corrected chi connectivity index (χ2v) is 4.18. The Kier molecular flexibility index (Phi) is 5.77. The summed E-state index contributed by atoms with van der Waals surface area (Å²) in [6, 6.07) is 0. The van der Waals surface area contributed by atoms with E-state index in [9.17, 15) is 4.79 Å². The minimum absolute atomic E-state index is 0.152. The van der Waals surface area contributed by atoms with E-state index in [0.29, 0.717) is 6.61 Å². The second-order valence-electron chi connectivity index (χ2n) is 4.18. The summed E-state index contributed by atoms with van der Waals surface area (Å²) in [6.45, 7) is 6.69. The highest BCUT2D eigenvalue weighted by Crippen LogP contribution is 2.18. The first kappa shape index (κ1) is 13.5. The van der Waals surface area contributed by atoms with Crippen molar-refractivity contribution < 1.29 is 19.0 Å². The number of rotatable bonds is 5. The third-order valence-electron chi connectivity index (χ3n) is 2.87. The normalized spacial score (nSPS) is 24.8. The lowest BCUT2D eigenvalue weighted by atomic mass is 10.1. The van der Waals surface area contributed by atoms with E-state index in [0.717, 1.165) is 25.9 Å². The van der Waals surface area contributed by atoms with Crippen LogP contribution in [0.4, 0.5) is 0 Å². The van der Waals surface area contributed by atoms with Gasteiger partial charge >= 0.3 is 5.97 Å². The summed E-state index contributed by atoms with van der Waals surface area (Å²) in [5.74, 6) is -0.448. The topological polar surface area (TPSA) is 44.8 Å². The quantitative estimate of drug-likeness (QED) is 0.679. The number of hydrogen-bond donors (Lipinski definition) is 0. The third kappa shape index (κ3) is 4.10. The van der Waals surface area contributed by atoms with Gasteiger partial charge in [-0.2, -0.15) is 0 Å². The van der Waals surface area contributed by atoms with Crippen LogP contribution in [0, 0.1) is 5.92 Å². The molecule has 0 N–H and O–H groups in total. The van der Waals surface area contributed by atoms with E-state index in [1.54, 1.807) is 6.92 Å². The van der Waals surface area contributed by atoms with Gasteiger partial charge in [-0.15, -0.1) is 0 Å². The van der Waals surface area contributed by atoms with E-state index in [1.807, 2.05) is 13.8 Å². The van der Waals surface area contributed by atoms with E-state index in [2.05, 4.69) is 0 Å². The minimum atomic E-state index is -0.245. The van der Waals surface area contributed by atoms with Gasteiger partial charge in [0, 0.05) is 6.61 Å². The smallest absolute Gasteiger partial charge is 0.311 e. The predicted octanol–water partition coefficient (Wildman–Crippen LogP) is 2.12. The van der Waals surface area contributed by atoms with Crippen molar-refractivity contribution in [1.82, 2.24) is 0 Å². The van der Waals surface area contributed by atoms with E-state index in [1.165, 1.54) is 0 Å². The van der Waals surface area contributed by atoms with Crippen LogP contribution in [0.3, 0.4) is 0 Å². The minimum Gasteiger partial charge on any atom is -0.466 e. The van der Waals surface area contributed by atoms with Crippen LogP contribution in [0.25, 0.3) is 0 Å². The molecule has 1 heterocycles. The Morgan fingerprint density at radius 2 is 2.19 bits per heavy atom. The zero-order valence-corrected chi connectivity index (χ0v) is 10.4. The molecular weight excluding hydrogens is 208 g/mol. The Morgan fingerprint density at radius 3 is 2.75 bits per heavy atom. The SMILES string of the molecule is CCOC(=O)C(C)C(C)OC1CCCCO1. The van der Waals surface area contributed by atoms with Crippen LogP contribution in [0.5, 0.6) is 0 Å². The molecule has 94 valence electrons. The molecule has 1 saturated heterocycles. The zero-order valence-electron chi connectivity index (χ0n) is 10.4. The first-order valence-electron chi connectivity index (χ1n) is 6.08. The Morgan fingerprint density at radius 1 is 1.44 bits per heavy atom. The van der Waals surface area contributed by atoms with Crippen molar-refractivity contribution in [3.05, 3.63) is 0 Å². The molecule has 0 amide bonds. The van der Waals surface area contributed by atoms with Crippen LogP contribution in [0.15, 0.2) is 0 Å². The van der Waals surface area contributed by atoms with Crippen molar-refractivity contribution in [3.8, 4) is 0 Å². The lowest BCUT2D eigenvalue weighted by molar-refractivity contribution is -0.198. The van der Waals surface area contributed by atoms with Gasteiger partial charge in [0.15, 0.2) is 6.29 Å². The van der Waals surface area contributed by atoms with Gasteiger partial charge in [-0.05, 0) is 40.0 Å². The summed E-state index contributed by atoms with van der Waals surface area (Å²) >= 11 is 0. The maximum atomic E-state index is 11.5. The molecule has 3 atom stereocenters. The fraction of sp³-hybridized carbons (Fsp3) is 0.917. The molecule has 0 saturated carbocycles. The van der Waals surface area contributed by atoms with Crippen molar-refractivity contribution in [3.63, 3.8) is 0 Å². The Labute approximate surface area is 97.2 Å². The largest absolute Gasteiger partial charge is 0.466 e. The summed E-state index contributed by atoms with van der Waals surface area (Å²) in [7, 11) is 0. The average molecular weight is 230 g/mol. The molecule has 4 heteroatoms. The number of hydrogen-bond acceptors (Lipinski definition) is 4. The van der Waals surface area contributed by atoms with Crippen LogP contribution >= 0.6 is 0 Å². The van der Waals surface area contributed by atoms with Gasteiger partial charge in [-0.3, -0.25) is 4.79 Å². The summed E-state index contributed by atoms with van der Waals surface area (Å²) < 4.78 is 16.1. The number of esters is 1. The molecule has 1 aliphatic heterocycles. The summed E-state index contributed by atoms with van der Waals surface area (Å²) in [5, 5.41) is 0. The highest BCUT2D eigenvalue weighted by atomic mass is 16.7. The molecule has 0 bridgehead atoms. The maximum Gasteiger partial charge on any atom is 0.311 e. The van der Waals surface area contributed by atoms with Crippen molar-refractivity contribution >= 4 is 5.97 Å². The van der Waals surface area contributed by atoms with Crippen LogP contribution in [0.1, 0.15) is 40.0 Å². The average Bonchev–Trinajstić information content (AvgIpc) is 2.29. The fourth-order valence-corrected chi connectivity index (χ4v) is 1.64. The molecule has 0 aromatic carbocycles. The molecule has 0 aliphatic carbocycles. The Balaban J connectivity index is 2.32. The summed E-state index contributed by atoms with van der Waals surface area (Å²) in [4.78, 5) is 11.5. The lowest BCUT2D eigenvalue weighted by Crippen LogP contribution is -2.33. The van der Waals surface area contributed by atoms with Crippen LogP contribution in [-0.4, -0.2) is 31.6 Å². The molecule has 1 aliphatic rings. The molecule has 3 unspecified atom stereocenters. The first-order chi connectivity index (χ1) is 7.65. The lowest BCUT2D eigenvalue weighted by Gasteiger charge is -2.28. The van der Waals surface area contributed by atoms with Gasteiger partial charge in [0.25, 0.3) is 0 Å². The number of carbonyl (C=O) groups excluding carboxylic acids is 1. The van der Waals surface area contributed by atoms with Crippen LogP contribution < -0.4 is 0 Å². The highest BCUT2D eigenvalue weighted by Gasteiger charge is 2.26. The summed E-state index contributed by atoms with van der Waals surface area (Å²) in [5.41, 5.74) is 0. The molecule has 0 radical (unpaired) electrons. The van der Waals surface area contributed by atoms with Crippen LogP contribution in [0.2, 0.25) is 0 Å². The van der Waals surface area contributed by atoms with Gasteiger partial charge < -0.3 is 14.2 Å². The van der Waals surface area contributed by atoms with Gasteiger partial charge in [0.1, 0.15) is 0 Å². The summed E-state index contributed by atoms with van der Waals surface area (Å²) in [6.07, 6.45) is 2.83. The third-order valence-corrected chi connectivity index (χ3v) is 2.87. The Hall–Kier alpha value is -0.610. The molecule has 16 heavy (non-hydrogen) atoms. The van der Waals surface area contributed by atoms with Gasteiger partial charge in [0.05, 0.1) is 18.6 Å². The van der Waals surface area contributed by atoms with E-state index in [4.69, 9.17) is 14.2 Å². The van der Waals surface area contributed by atoms with Gasteiger partial charge in [0.2, 0.25) is 0 Å². The van der Waals surface area contributed by atoms with E-state index in [-0.39, 0.29) is 24.3 Å². The molecule has 1 fully saturated rings. The standard InChI is InChI=1S/C12H22O4/c1-4-14-12(13)9(2)10(3)16-11-7-5-6-8-15-11/h9-11H,4-8H2,1-3H3. The van der Waals surface area contributed by atoms with E-state index < -0.39 is 0 Å². The monoisotopic (exact) mass is 230 g/mol. The predicted molar refractivity (Wildman–Crippen MR) is 59.9 cm³/mol. The Bertz CT molecular complexity index is 211. The van der Waals surface area contributed by atoms with E-state index >= 15 is 0 Å². The molecule has 0 aromatic heterocycles. The highest BCUT2D eigenvalue weighted by molar-refractivity contribution is 5.72. The van der Waals surface area contributed by atoms with Crippen molar-refractivity contribution in [2.75, 3.05) is 13.2 Å². The first-order valence-corrected chi connectivity index (χ1v) is 6.08. The van der Waals surface area contributed by atoms with Crippen molar-refractivity contribution in [2.45, 2.75) is 52.4 Å². The maximum absolute atomic E-state index is 11.5. The number of carbonyl (C=O) groups is 1. The zero-order chi connectivity index (χ0) is 12.0. The van der Waals surface area contributed by atoms with Crippen molar-refractivity contribution in [1.29, 1.82) is 0 Å². The molecule has 4 nitrogen and oxygen atoms in total. The second kappa shape index (κ2) is 6.86. The fourth-order valence-electron chi connectivity index (χ4n) is 1.64. The molecule has 0 spiro atoms. The van der Waals surface area contributed by atoms with Crippen molar-refractivity contribution in [2.24, 2.45) is 5.92 Å². The molecule has 0 aromatic rings. The number of ether oxygens (including phenoxy) is 3. The van der Waals surface area contributed by atoms with Gasteiger partial charge in [-0.25, -0.2) is 0 Å². The van der Waals surface area contributed by atoms with Gasteiger partial charge in [-0.1, -0.05) is 0 Å². The molecular formula is C12H22O4.